The van der Waals surface area contributed by atoms with Crippen molar-refractivity contribution in [3.63, 3.8) is 0 Å². The maximum atomic E-state index is 12.8. The minimum absolute atomic E-state index is 0.161. The van der Waals surface area contributed by atoms with Crippen molar-refractivity contribution in [3.8, 4) is 0 Å². The van der Waals surface area contributed by atoms with Crippen LogP contribution in [0.3, 0.4) is 0 Å². The summed E-state index contributed by atoms with van der Waals surface area (Å²) < 4.78 is 5.75. The van der Waals surface area contributed by atoms with Crippen LogP contribution in [0.4, 0.5) is 0 Å². The van der Waals surface area contributed by atoms with Gasteiger partial charge in [-0.25, -0.2) is 0 Å². The third-order valence-electron chi connectivity index (χ3n) is 5.28. The summed E-state index contributed by atoms with van der Waals surface area (Å²) in [7, 11) is -0.557. The van der Waals surface area contributed by atoms with E-state index < -0.39 is 7.92 Å². The lowest BCUT2D eigenvalue weighted by atomic mass is 10.0. The summed E-state index contributed by atoms with van der Waals surface area (Å²) in [6.07, 6.45) is 4.92. The van der Waals surface area contributed by atoms with Crippen LogP contribution in [-0.4, -0.2) is 18.7 Å². The highest BCUT2D eigenvalue weighted by molar-refractivity contribution is 7.73. The first kappa shape index (κ1) is 20.3. The first-order valence-corrected chi connectivity index (χ1v) is 11.7. The highest BCUT2D eigenvalue weighted by Gasteiger charge is 2.25. The standard InChI is InChI=1S/C27H25O2P/c1-21-19-23(22-11-5-2-6-12-22)20-26(21)27(28)29-17-18-30(24-13-7-3-8-14-24)25-15-9-4-10-16-25/h2-16,19-20,26H,17-18H2,1H3. The van der Waals surface area contributed by atoms with Gasteiger partial charge >= 0.3 is 5.97 Å². The molecule has 0 bridgehead atoms. The van der Waals surface area contributed by atoms with E-state index in [4.69, 9.17) is 4.74 Å². The van der Waals surface area contributed by atoms with Gasteiger partial charge in [0.05, 0.1) is 12.5 Å². The van der Waals surface area contributed by atoms with Crippen molar-refractivity contribution in [3.05, 3.63) is 114 Å². The molecule has 2 nitrogen and oxygen atoms in total. The van der Waals surface area contributed by atoms with Crippen LogP contribution in [0.5, 0.6) is 0 Å². The number of carbonyl (C=O) groups is 1. The fourth-order valence-electron chi connectivity index (χ4n) is 3.71. The number of hydrogen-bond donors (Lipinski definition) is 0. The average molecular weight is 412 g/mol. The predicted molar refractivity (Wildman–Crippen MR) is 127 cm³/mol. The molecule has 0 aromatic heterocycles. The Morgan fingerprint density at radius 2 is 1.37 bits per heavy atom. The molecule has 3 aromatic carbocycles. The molecule has 0 fully saturated rings. The van der Waals surface area contributed by atoms with E-state index in [0.29, 0.717) is 6.61 Å². The summed E-state index contributed by atoms with van der Waals surface area (Å²) in [6.45, 7) is 2.42. The summed E-state index contributed by atoms with van der Waals surface area (Å²) in [6, 6.07) is 31.2. The number of ether oxygens (including phenoxy) is 1. The SMILES string of the molecule is CC1=CC(c2ccccc2)=CC1C(=O)OCCP(c1ccccc1)c1ccccc1. The van der Waals surface area contributed by atoms with E-state index in [1.807, 2.05) is 43.3 Å². The van der Waals surface area contributed by atoms with E-state index in [1.54, 1.807) is 0 Å². The van der Waals surface area contributed by atoms with E-state index in [0.717, 1.165) is 22.9 Å². The van der Waals surface area contributed by atoms with Crippen LogP contribution in [0.25, 0.3) is 5.57 Å². The van der Waals surface area contributed by atoms with Crippen molar-refractivity contribution in [2.45, 2.75) is 6.92 Å². The van der Waals surface area contributed by atoms with Crippen LogP contribution >= 0.6 is 7.92 Å². The first-order valence-electron chi connectivity index (χ1n) is 10.2. The van der Waals surface area contributed by atoms with Crippen LogP contribution in [-0.2, 0) is 9.53 Å². The van der Waals surface area contributed by atoms with E-state index >= 15 is 0 Å². The molecule has 0 saturated carbocycles. The topological polar surface area (TPSA) is 26.3 Å². The van der Waals surface area contributed by atoms with Crippen molar-refractivity contribution in [1.82, 2.24) is 0 Å². The van der Waals surface area contributed by atoms with Gasteiger partial charge in [-0.2, -0.15) is 0 Å². The fraction of sp³-hybridized carbons (Fsp3) is 0.148. The summed E-state index contributed by atoms with van der Waals surface area (Å²) in [4.78, 5) is 12.8. The minimum atomic E-state index is -0.557. The molecule has 0 heterocycles. The van der Waals surface area contributed by atoms with Crippen molar-refractivity contribution in [2.75, 3.05) is 12.8 Å². The van der Waals surface area contributed by atoms with Gasteiger partial charge in [0.1, 0.15) is 0 Å². The highest BCUT2D eigenvalue weighted by atomic mass is 31.1. The molecule has 0 radical (unpaired) electrons. The Kier molecular flexibility index (Phi) is 6.57. The van der Waals surface area contributed by atoms with Gasteiger partial charge < -0.3 is 4.74 Å². The molecule has 0 saturated heterocycles. The van der Waals surface area contributed by atoms with Gasteiger partial charge in [0.25, 0.3) is 0 Å². The minimum Gasteiger partial charge on any atom is -0.465 e. The fourth-order valence-corrected chi connectivity index (χ4v) is 5.86. The summed E-state index contributed by atoms with van der Waals surface area (Å²) in [5.41, 5.74) is 3.25. The third-order valence-corrected chi connectivity index (χ3v) is 7.75. The van der Waals surface area contributed by atoms with Gasteiger partial charge in [0.15, 0.2) is 0 Å². The smallest absolute Gasteiger partial charge is 0.316 e. The van der Waals surface area contributed by atoms with Crippen molar-refractivity contribution < 1.29 is 9.53 Å². The molecule has 150 valence electrons. The number of hydrogen-bond acceptors (Lipinski definition) is 2. The summed E-state index contributed by atoms with van der Waals surface area (Å²) in [5, 5.41) is 2.61. The second-order valence-electron chi connectivity index (χ2n) is 7.34. The largest absolute Gasteiger partial charge is 0.465 e. The molecule has 3 heteroatoms. The number of esters is 1. The maximum Gasteiger partial charge on any atom is 0.316 e. The molecule has 4 rings (SSSR count). The summed E-state index contributed by atoms with van der Waals surface area (Å²) in [5.74, 6) is -0.453. The monoisotopic (exact) mass is 412 g/mol. The van der Waals surface area contributed by atoms with Gasteiger partial charge in [0.2, 0.25) is 0 Å². The molecule has 0 N–H and O–H groups in total. The Labute approximate surface area is 179 Å². The van der Waals surface area contributed by atoms with Crippen molar-refractivity contribution in [1.29, 1.82) is 0 Å². The second kappa shape index (κ2) is 9.69. The zero-order valence-corrected chi connectivity index (χ0v) is 18.0. The molecule has 0 spiro atoms. The molecular formula is C27H25O2P. The molecule has 30 heavy (non-hydrogen) atoms. The zero-order valence-electron chi connectivity index (χ0n) is 17.1. The van der Waals surface area contributed by atoms with Gasteiger partial charge in [0, 0.05) is 6.16 Å². The van der Waals surface area contributed by atoms with Gasteiger partial charge in [-0.3, -0.25) is 4.79 Å². The maximum absolute atomic E-state index is 12.8. The third kappa shape index (κ3) is 4.78. The van der Waals surface area contributed by atoms with Crippen LogP contribution in [0.1, 0.15) is 12.5 Å². The van der Waals surface area contributed by atoms with E-state index in [9.17, 15) is 4.79 Å². The van der Waals surface area contributed by atoms with Crippen LogP contribution in [0.2, 0.25) is 0 Å². The number of allylic oxidation sites excluding steroid dienone is 2. The Balaban J connectivity index is 1.42. The lowest BCUT2D eigenvalue weighted by Gasteiger charge is -2.19. The van der Waals surface area contributed by atoms with Crippen molar-refractivity contribution >= 4 is 30.1 Å². The Hall–Kier alpha value is -2.96. The molecule has 1 aliphatic carbocycles. The summed E-state index contributed by atoms with van der Waals surface area (Å²) >= 11 is 0. The number of rotatable bonds is 7. The Bertz CT molecular complexity index is 1000. The van der Waals surface area contributed by atoms with Crippen LogP contribution in [0.15, 0.2) is 109 Å². The Morgan fingerprint density at radius 1 is 0.833 bits per heavy atom. The normalized spacial score (nSPS) is 15.6. The van der Waals surface area contributed by atoms with E-state index in [1.165, 1.54) is 10.6 Å². The van der Waals surface area contributed by atoms with Crippen LogP contribution in [0, 0.1) is 5.92 Å². The second-order valence-corrected chi connectivity index (χ2v) is 9.68. The molecular weight excluding hydrogens is 387 g/mol. The Morgan fingerprint density at radius 3 is 1.93 bits per heavy atom. The molecule has 3 aromatic rings. The molecule has 1 unspecified atom stereocenters. The van der Waals surface area contributed by atoms with Gasteiger partial charge in [-0.15, -0.1) is 0 Å². The lowest BCUT2D eigenvalue weighted by molar-refractivity contribution is -0.144. The first-order chi connectivity index (χ1) is 14.7. The average Bonchev–Trinajstić information content (AvgIpc) is 3.20. The molecule has 1 atom stereocenters. The zero-order chi connectivity index (χ0) is 20.8. The predicted octanol–water partition coefficient (Wildman–Crippen LogP) is 5.32. The quantitative estimate of drug-likeness (QED) is 0.388. The van der Waals surface area contributed by atoms with Gasteiger partial charge in [-0.1, -0.05) is 109 Å². The molecule has 0 amide bonds. The van der Waals surface area contributed by atoms with Crippen molar-refractivity contribution in [2.24, 2.45) is 5.92 Å². The highest BCUT2D eigenvalue weighted by Crippen LogP contribution is 2.34. The molecule has 1 aliphatic rings. The van der Waals surface area contributed by atoms with Gasteiger partial charge in [-0.05, 0) is 36.6 Å². The van der Waals surface area contributed by atoms with Crippen LogP contribution < -0.4 is 10.6 Å². The lowest BCUT2D eigenvalue weighted by Crippen LogP contribution is -2.20. The number of benzene rings is 3. The van der Waals surface area contributed by atoms with E-state index in [2.05, 4.69) is 66.7 Å². The van der Waals surface area contributed by atoms with E-state index in [-0.39, 0.29) is 11.9 Å². The number of carbonyl (C=O) groups excluding carboxylic acids is 1. The molecule has 0 aliphatic heterocycles.